The molecule has 2 N–H and O–H groups in total. The highest BCUT2D eigenvalue weighted by Gasteiger charge is 2.45. The van der Waals surface area contributed by atoms with E-state index in [1.807, 2.05) is 0 Å². The van der Waals surface area contributed by atoms with Crippen molar-refractivity contribution >= 4 is 28.6 Å². The first-order chi connectivity index (χ1) is 17.1. The Kier molecular flexibility index (Phi) is 8.00. The summed E-state index contributed by atoms with van der Waals surface area (Å²) in [5.41, 5.74) is -1.62. The standard InChI is InChI=1S/C24H26F4IN5O2/c1-14-31-21(34-36-14)11-23(20-7-6-15(12-29)13-30-20,33-22(35)32-19-4-2-3-5-19)16-8-17(24(26,27)28)10-18(25)9-16/h6-8,10,13,18-19H,2-5,9,11-12H2,1H3,(H2,32,33,35)/t18?,23-/m1/s1. The summed E-state index contributed by atoms with van der Waals surface area (Å²) in [6.45, 7) is 1.58. The van der Waals surface area contributed by atoms with Crippen molar-refractivity contribution in [3.8, 4) is 0 Å². The average molecular weight is 619 g/mol. The van der Waals surface area contributed by atoms with E-state index in [9.17, 15) is 22.4 Å². The lowest BCUT2D eigenvalue weighted by atomic mass is 9.77. The lowest BCUT2D eigenvalue weighted by molar-refractivity contribution is -0.0892. The minimum Gasteiger partial charge on any atom is -0.340 e. The highest BCUT2D eigenvalue weighted by Crippen LogP contribution is 2.41. The number of nitrogens with one attached hydrogen (secondary N) is 2. The lowest BCUT2D eigenvalue weighted by Crippen LogP contribution is -2.55. The maximum atomic E-state index is 14.8. The van der Waals surface area contributed by atoms with Crippen LogP contribution in [0.2, 0.25) is 0 Å². The summed E-state index contributed by atoms with van der Waals surface area (Å²) in [7, 11) is 0. The maximum absolute atomic E-state index is 14.8. The van der Waals surface area contributed by atoms with Crippen molar-refractivity contribution in [1.29, 1.82) is 0 Å². The largest absolute Gasteiger partial charge is 0.416 e. The van der Waals surface area contributed by atoms with Gasteiger partial charge >= 0.3 is 12.2 Å². The monoisotopic (exact) mass is 619 g/mol. The third-order valence-electron chi connectivity index (χ3n) is 6.41. The molecular weight excluding hydrogens is 593 g/mol. The van der Waals surface area contributed by atoms with Gasteiger partial charge in [-0.15, -0.1) is 0 Å². The lowest BCUT2D eigenvalue weighted by Gasteiger charge is -2.38. The predicted octanol–water partition coefficient (Wildman–Crippen LogP) is 5.54. The molecule has 1 fully saturated rings. The molecule has 1 saturated carbocycles. The molecule has 2 atom stereocenters. The van der Waals surface area contributed by atoms with Crippen LogP contribution >= 0.6 is 22.6 Å². The topological polar surface area (TPSA) is 92.9 Å². The average Bonchev–Trinajstić information content (AvgIpc) is 3.49. The zero-order chi connectivity index (χ0) is 25.9. The van der Waals surface area contributed by atoms with E-state index in [1.165, 1.54) is 0 Å². The van der Waals surface area contributed by atoms with Crippen LogP contribution in [-0.4, -0.2) is 39.5 Å². The molecule has 2 heterocycles. The van der Waals surface area contributed by atoms with Gasteiger partial charge in [-0.25, -0.2) is 9.18 Å². The summed E-state index contributed by atoms with van der Waals surface area (Å²) in [5.74, 6) is 0.396. The number of pyridine rings is 1. The molecule has 4 rings (SSSR count). The molecule has 0 saturated heterocycles. The number of alkyl halides is 5. The van der Waals surface area contributed by atoms with Gasteiger partial charge in [0.25, 0.3) is 0 Å². The van der Waals surface area contributed by atoms with E-state index in [0.717, 1.165) is 37.3 Å². The second kappa shape index (κ2) is 10.9. The summed E-state index contributed by atoms with van der Waals surface area (Å²) in [6.07, 6.45) is -0.602. The Morgan fingerprint density at radius 1 is 1.25 bits per heavy atom. The van der Waals surface area contributed by atoms with Gasteiger partial charge in [0.1, 0.15) is 11.7 Å². The molecule has 1 unspecified atom stereocenters. The maximum Gasteiger partial charge on any atom is 0.416 e. The van der Waals surface area contributed by atoms with Gasteiger partial charge in [0.05, 0.1) is 11.3 Å². The molecule has 2 amide bonds. The van der Waals surface area contributed by atoms with Gasteiger partial charge in [-0.2, -0.15) is 18.2 Å². The minimum atomic E-state index is -4.77. The number of hydrogen-bond acceptors (Lipinski definition) is 5. The fraction of sp³-hybridized carbons (Fsp3) is 0.500. The number of aromatic nitrogens is 3. The van der Waals surface area contributed by atoms with Crippen molar-refractivity contribution < 1.29 is 26.9 Å². The SMILES string of the molecule is Cc1nc(C[C@@](NC(=O)NC2CCCC2)(C2=CC(C(F)(F)F)=CC(F)C2)c2ccc(CI)cn2)no1. The van der Waals surface area contributed by atoms with Crippen molar-refractivity contribution in [1.82, 2.24) is 25.8 Å². The summed E-state index contributed by atoms with van der Waals surface area (Å²) < 4.78 is 61.6. The number of allylic oxidation sites excluding steroid dienone is 3. The summed E-state index contributed by atoms with van der Waals surface area (Å²) in [6, 6.07) is 2.78. The van der Waals surface area contributed by atoms with Gasteiger partial charge in [0.2, 0.25) is 5.89 Å². The number of nitrogens with zero attached hydrogens (tertiary/aromatic N) is 3. The highest BCUT2D eigenvalue weighted by molar-refractivity contribution is 14.1. The van der Waals surface area contributed by atoms with Crippen LogP contribution in [0.4, 0.5) is 22.4 Å². The van der Waals surface area contributed by atoms with Crippen molar-refractivity contribution in [2.75, 3.05) is 0 Å². The number of hydrogen-bond donors (Lipinski definition) is 2. The van der Waals surface area contributed by atoms with Gasteiger partial charge in [0, 0.05) is 36.4 Å². The van der Waals surface area contributed by atoms with E-state index < -0.39 is 29.5 Å². The van der Waals surface area contributed by atoms with Crippen LogP contribution in [0.25, 0.3) is 0 Å². The van der Waals surface area contributed by atoms with E-state index >= 15 is 0 Å². The first-order valence-corrected chi connectivity index (χ1v) is 13.1. The first-order valence-electron chi connectivity index (χ1n) is 11.6. The number of carbonyl (C=O) groups is 1. The molecule has 0 radical (unpaired) electrons. The molecule has 0 aliphatic heterocycles. The van der Waals surface area contributed by atoms with Crippen molar-refractivity contribution in [2.45, 2.75) is 73.8 Å². The second-order valence-electron chi connectivity index (χ2n) is 9.09. The molecular formula is C24H26F4IN5O2. The Labute approximate surface area is 219 Å². The molecule has 0 bridgehead atoms. The molecule has 0 spiro atoms. The quantitative estimate of drug-likeness (QED) is 0.241. The molecule has 7 nitrogen and oxygen atoms in total. The van der Waals surface area contributed by atoms with E-state index in [0.29, 0.717) is 10.5 Å². The molecule has 36 heavy (non-hydrogen) atoms. The van der Waals surface area contributed by atoms with Gasteiger partial charge in [0.15, 0.2) is 5.82 Å². The van der Waals surface area contributed by atoms with Crippen LogP contribution in [-0.2, 0) is 16.4 Å². The molecule has 194 valence electrons. The molecule has 12 heteroatoms. The van der Waals surface area contributed by atoms with E-state index in [1.54, 1.807) is 25.3 Å². The number of carbonyl (C=O) groups excluding carboxylic acids is 1. The smallest absolute Gasteiger partial charge is 0.340 e. The van der Waals surface area contributed by atoms with Crippen molar-refractivity contribution in [2.24, 2.45) is 0 Å². The second-order valence-corrected chi connectivity index (χ2v) is 9.85. The van der Waals surface area contributed by atoms with Crippen molar-refractivity contribution in [3.05, 3.63) is 64.6 Å². The Morgan fingerprint density at radius 3 is 2.58 bits per heavy atom. The molecule has 0 aromatic carbocycles. The Bertz CT molecular complexity index is 1140. The highest BCUT2D eigenvalue weighted by atomic mass is 127. The normalized spacial score (nSPS) is 20.4. The van der Waals surface area contributed by atoms with E-state index in [-0.39, 0.29) is 41.9 Å². The predicted molar refractivity (Wildman–Crippen MR) is 132 cm³/mol. The summed E-state index contributed by atoms with van der Waals surface area (Å²) in [4.78, 5) is 21.9. The van der Waals surface area contributed by atoms with Crippen LogP contribution in [0.3, 0.4) is 0 Å². The van der Waals surface area contributed by atoms with Crippen LogP contribution in [0.15, 0.2) is 46.2 Å². The number of halogens is 5. The van der Waals surface area contributed by atoms with Crippen LogP contribution in [0.5, 0.6) is 0 Å². The number of rotatable bonds is 7. The Morgan fingerprint density at radius 2 is 2.00 bits per heavy atom. The number of aryl methyl sites for hydroxylation is 1. The van der Waals surface area contributed by atoms with Gasteiger partial charge in [-0.05, 0) is 42.2 Å². The van der Waals surface area contributed by atoms with Crippen LogP contribution in [0.1, 0.15) is 55.1 Å². The number of amides is 2. The molecule has 2 aliphatic carbocycles. The van der Waals surface area contributed by atoms with E-state index in [2.05, 4.69) is 48.3 Å². The fourth-order valence-corrected chi connectivity index (χ4v) is 5.13. The molecule has 2 aromatic rings. The number of urea groups is 1. The molecule has 2 aliphatic rings. The zero-order valence-corrected chi connectivity index (χ0v) is 21.7. The van der Waals surface area contributed by atoms with Gasteiger partial charge in [-0.1, -0.05) is 46.7 Å². The Balaban J connectivity index is 1.84. The minimum absolute atomic E-state index is 0.0172. The first kappa shape index (κ1) is 26.6. The van der Waals surface area contributed by atoms with E-state index in [4.69, 9.17) is 4.52 Å². The zero-order valence-electron chi connectivity index (χ0n) is 19.5. The third-order valence-corrected chi connectivity index (χ3v) is 7.29. The summed E-state index contributed by atoms with van der Waals surface area (Å²) in [5, 5.41) is 9.68. The summed E-state index contributed by atoms with van der Waals surface area (Å²) >= 11 is 2.17. The van der Waals surface area contributed by atoms with Crippen molar-refractivity contribution in [3.63, 3.8) is 0 Å². The fourth-order valence-electron chi connectivity index (χ4n) is 4.68. The van der Waals surface area contributed by atoms with Gasteiger partial charge in [-0.3, -0.25) is 4.98 Å². The van der Waals surface area contributed by atoms with Crippen LogP contribution in [0, 0.1) is 6.92 Å². The third kappa shape index (κ3) is 6.06. The van der Waals surface area contributed by atoms with Crippen LogP contribution < -0.4 is 10.6 Å². The van der Waals surface area contributed by atoms with Gasteiger partial charge < -0.3 is 15.2 Å². The molecule has 2 aromatic heterocycles. The Hall–Kier alpha value is -2.51.